The van der Waals surface area contributed by atoms with Crippen LogP contribution < -0.4 is 5.32 Å². The number of rotatable bonds is 3. The Morgan fingerprint density at radius 2 is 2.33 bits per heavy atom. The first kappa shape index (κ1) is 11.5. The van der Waals surface area contributed by atoms with Gasteiger partial charge in [0.2, 0.25) is 0 Å². The summed E-state index contributed by atoms with van der Waals surface area (Å²) in [5.41, 5.74) is 1.46. The zero-order valence-corrected chi connectivity index (χ0v) is 9.28. The second-order valence-corrected chi connectivity index (χ2v) is 3.75. The molecule has 4 heteroatoms. The molecule has 1 N–H and O–H groups in total. The highest BCUT2D eigenvalue weighted by atomic mass is 16.5. The highest BCUT2D eigenvalue weighted by molar-refractivity contribution is 5.85. The SMILES string of the molecule is Cc1ncccc1NC(=O)OCC(C)C. The first-order valence-corrected chi connectivity index (χ1v) is 4.95. The molecule has 0 aliphatic rings. The molecular weight excluding hydrogens is 192 g/mol. The van der Waals surface area contributed by atoms with Gasteiger partial charge in [-0.15, -0.1) is 0 Å². The monoisotopic (exact) mass is 208 g/mol. The van der Waals surface area contributed by atoms with E-state index in [-0.39, 0.29) is 0 Å². The van der Waals surface area contributed by atoms with E-state index in [2.05, 4.69) is 10.3 Å². The van der Waals surface area contributed by atoms with Gasteiger partial charge in [0.15, 0.2) is 0 Å². The third kappa shape index (κ3) is 3.97. The van der Waals surface area contributed by atoms with E-state index >= 15 is 0 Å². The number of hydrogen-bond acceptors (Lipinski definition) is 3. The van der Waals surface area contributed by atoms with Crippen LogP contribution in [0.3, 0.4) is 0 Å². The van der Waals surface area contributed by atoms with E-state index in [0.717, 1.165) is 5.69 Å². The van der Waals surface area contributed by atoms with Crippen molar-refractivity contribution in [2.75, 3.05) is 11.9 Å². The summed E-state index contributed by atoms with van der Waals surface area (Å²) in [4.78, 5) is 15.4. The van der Waals surface area contributed by atoms with Crippen molar-refractivity contribution in [3.05, 3.63) is 24.0 Å². The molecule has 0 spiro atoms. The average molecular weight is 208 g/mol. The van der Waals surface area contributed by atoms with Crippen LogP contribution in [0.25, 0.3) is 0 Å². The smallest absolute Gasteiger partial charge is 0.411 e. The predicted molar refractivity (Wildman–Crippen MR) is 58.8 cm³/mol. The minimum absolute atomic E-state index is 0.339. The number of carbonyl (C=O) groups excluding carboxylic acids is 1. The molecule has 82 valence electrons. The largest absolute Gasteiger partial charge is 0.449 e. The Labute approximate surface area is 89.7 Å². The number of amides is 1. The Morgan fingerprint density at radius 3 is 2.93 bits per heavy atom. The summed E-state index contributed by atoms with van der Waals surface area (Å²) >= 11 is 0. The Hall–Kier alpha value is -1.58. The Bertz CT molecular complexity index is 337. The molecule has 1 rings (SSSR count). The number of hydrogen-bond donors (Lipinski definition) is 1. The Kier molecular flexibility index (Phi) is 4.09. The lowest BCUT2D eigenvalue weighted by atomic mass is 10.2. The summed E-state index contributed by atoms with van der Waals surface area (Å²) in [6.07, 6.45) is 1.25. The second-order valence-electron chi connectivity index (χ2n) is 3.75. The molecule has 0 atom stereocenters. The first-order valence-electron chi connectivity index (χ1n) is 4.95. The summed E-state index contributed by atoms with van der Waals surface area (Å²) in [6, 6.07) is 3.56. The summed E-state index contributed by atoms with van der Waals surface area (Å²) in [7, 11) is 0. The molecule has 0 aromatic carbocycles. The maximum absolute atomic E-state index is 11.3. The maximum Gasteiger partial charge on any atom is 0.411 e. The lowest BCUT2D eigenvalue weighted by Crippen LogP contribution is -2.17. The van der Waals surface area contributed by atoms with E-state index in [4.69, 9.17) is 4.74 Å². The Balaban J connectivity index is 2.48. The van der Waals surface area contributed by atoms with Gasteiger partial charge in [0.05, 0.1) is 18.0 Å². The topological polar surface area (TPSA) is 51.2 Å². The van der Waals surface area contributed by atoms with Gasteiger partial charge >= 0.3 is 6.09 Å². The molecule has 0 aliphatic heterocycles. The van der Waals surface area contributed by atoms with Crippen molar-refractivity contribution in [1.29, 1.82) is 0 Å². The average Bonchev–Trinajstić information content (AvgIpc) is 2.18. The number of carbonyl (C=O) groups is 1. The molecule has 1 aromatic rings. The lowest BCUT2D eigenvalue weighted by molar-refractivity contribution is 0.147. The number of nitrogens with one attached hydrogen (secondary N) is 1. The molecule has 0 unspecified atom stereocenters. The van der Waals surface area contributed by atoms with Crippen molar-refractivity contribution in [3.8, 4) is 0 Å². The van der Waals surface area contributed by atoms with E-state index in [9.17, 15) is 4.79 Å². The van der Waals surface area contributed by atoms with Crippen molar-refractivity contribution in [1.82, 2.24) is 4.98 Å². The molecule has 0 bridgehead atoms. The maximum atomic E-state index is 11.3. The number of ether oxygens (including phenoxy) is 1. The summed E-state index contributed by atoms with van der Waals surface area (Å²) < 4.78 is 4.98. The van der Waals surface area contributed by atoms with E-state index in [1.165, 1.54) is 0 Å². The van der Waals surface area contributed by atoms with Crippen LogP contribution in [0.4, 0.5) is 10.5 Å². The fraction of sp³-hybridized carbons (Fsp3) is 0.455. The van der Waals surface area contributed by atoms with Gasteiger partial charge in [-0.1, -0.05) is 13.8 Å². The second kappa shape index (κ2) is 5.34. The van der Waals surface area contributed by atoms with Gasteiger partial charge in [0.25, 0.3) is 0 Å². The van der Waals surface area contributed by atoms with Crippen LogP contribution in [-0.2, 0) is 4.74 Å². The number of anilines is 1. The molecule has 1 amide bonds. The highest BCUT2D eigenvalue weighted by Gasteiger charge is 2.06. The molecule has 0 radical (unpaired) electrons. The predicted octanol–water partition coefficient (Wildman–Crippen LogP) is 2.59. The van der Waals surface area contributed by atoms with E-state index in [1.54, 1.807) is 18.3 Å². The van der Waals surface area contributed by atoms with Crippen molar-refractivity contribution in [2.24, 2.45) is 5.92 Å². The van der Waals surface area contributed by atoms with Crippen LogP contribution >= 0.6 is 0 Å². The molecular formula is C11H16N2O2. The summed E-state index contributed by atoms with van der Waals surface area (Å²) in [6.45, 7) is 6.23. The van der Waals surface area contributed by atoms with Crippen LogP contribution in [-0.4, -0.2) is 17.7 Å². The third-order valence-electron chi connectivity index (χ3n) is 1.79. The van der Waals surface area contributed by atoms with Crippen LogP contribution in [0.15, 0.2) is 18.3 Å². The van der Waals surface area contributed by atoms with Gasteiger partial charge in [-0.3, -0.25) is 10.3 Å². The standard InChI is InChI=1S/C11H16N2O2/c1-8(2)7-15-11(14)13-10-5-4-6-12-9(10)3/h4-6,8H,7H2,1-3H3,(H,13,14). The normalized spacial score (nSPS) is 10.1. The summed E-state index contributed by atoms with van der Waals surface area (Å²) in [5.74, 6) is 0.339. The number of aryl methyl sites for hydroxylation is 1. The Morgan fingerprint density at radius 1 is 1.60 bits per heavy atom. The van der Waals surface area contributed by atoms with Crippen LogP contribution in [0.5, 0.6) is 0 Å². The fourth-order valence-electron chi connectivity index (χ4n) is 1.00. The van der Waals surface area contributed by atoms with Crippen LogP contribution in [0.1, 0.15) is 19.5 Å². The van der Waals surface area contributed by atoms with E-state index in [0.29, 0.717) is 18.2 Å². The molecule has 1 heterocycles. The van der Waals surface area contributed by atoms with Gasteiger partial charge in [-0.25, -0.2) is 4.79 Å². The fourth-order valence-corrected chi connectivity index (χ4v) is 1.00. The number of nitrogens with zero attached hydrogens (tertiary/aromatic N) is 1. The zero-order chi connectivity index (χ0) is 11.3. The molecule has 4 nitrogen and oxygen atoms in total. The molecule has 0 saturated heterocycles. The lowest BCUT2D eigenvalue weighted by Gasteiger charge is -2.09. The first-order chi connectivity index (χ1) is 7.09. The zero-order valence-electron chi connectivity index (χ0n) is 9.28. The minimum atomic E-state index is -0.431. The molecule has 1 aromatic heterocycles. The molecule has 0 aliphatic carbocycles. The van der Waals surface area contributed by atoms with E-state index in [1.807, 2.05) is 20.8 Å². The minimum Gasteiger partial charge on any atom is -0.449 e. The van der Waals surface area contributed by atoms with Gasteiger partial charge in [0.1, 0.15) is 0 Å². The van der Waals surface area contributed by atoms with Crippen molar-refractivity contribution in [2.45, 2.75) is 20.8 Å². The van der Waals surface area contributed by atoms with Crippen molar-refractivity contribution < 1.29 is 9.53 Å². The quantitative estimate of drug-likeness (QED) is 0.830. The van der Waals surface area contributed by atoms with Crippen LogP contribution in [0.2, 0.25) is 0 Å². The third-order valence-corrected chi connectivity index (χ3v) is 1.79. The molecule has 0 fully saturated rings. The highest BCUT2D eigenvalue weighted by Crippen LogP contribution is 2.10. The van der Waals surface area contributed by atoms with Crippen molar-refractivity contribution in [3.63, 3.8) is 0 Å². The summed E-state index contributed by atoms with van der Waals surface area (Å²) in [5, 5.41) is 2.64. The van der Waals surface area contributed by atoms with Gasteiger partial charge in [-0.2, -0.15) is 0 Å². The van der Waals surface area contributed by atoms with Gasteiger partial charge in [-0.05, 0) is 25.0 Å². The number of aromatic nitrogens is 1. The number of pyridine rings is 1. The van der Waals surface area contributed by atoms with E-state index < -0.39 is 6.09 Å². The molecule has 0 saturated carbocycles. The van der Waals surface area contributed by atoms with Gasteiger partial charge in [0, 0.05) is 6.20 Å². The van der Waals surface area contributed by atoms with Gasteiger partial charge < -0.3 is 4.74 Å². The van der Waals surface area contributed by atoms with Crippen molar-refractivity contribution >= 4 is 11.8 Å². The van der Waals surface area contributed by atoms with Crippen LogP contribution in [0, 0.1) is 12.8 Å². The molecule has 15 heavy (non-hydrogen) atoms.